The molecule has 22 heavy (non-hydrogen) atoms. The smallest absolute Gasteiger partial charge is 0.382 e. The normalized spacial score (nSPS) is 12.8. The Morgan fingerprint density at radius 2 is 1.95 bits per heavy atom. The predicted molar refractivity (Wildman–Crippen MR) is 82.2 cm³/mol. The first kappa shape index (κ1) is 18.6. The molecule has 0 spiro atoms. The van der Waals surface area contributed by atoms with Crippen LogP contribution in [0.25, 0.3) is 0 Å². The number of rotatable bonds is 6. The van der Waals surface area contributed by atoms with Crippen molar-refractivity contribution in [2.75, 3.05) is 30.9 Å². The molecule has 1 rings (SSSR count). The molecule has 0 saturated carbocycles. The zero-order valence-corrected chi connectivity index (χ0v) is 13.2. The monoisotopic (exact) mass is 336 g/mol. The van der Waals surface area contributed by atoms with E-state index in [9.17, 15) is 18.0 Å². The second-order valence-electron chi connectivity index (χ2n) is 4.81. The number of aliphatic hydroxyl groups excluding tert-OH is 1. The SMILES string of the molecule is CSCCc1ccc(NC(=O)N(C)CC(O)C(F)(F)F)cc1. The lowest BCUT2D eigenvalue weighted by Gasteiger charge is -2.22. The lowest BCUT2D eigenvalue weighted by atomic mass is 10.1. The summed E-state index contributed by atoms with van der Waals surface area (Å²) in [6, 6.07) is 6.40. The number of carbonyl (C=O) groups is 1. The lowest BCUT2D eigenvalue weighted by molar-refractivity contribution is -0.205. The Hall–Kier alpha value is -1.41. The van der Waals surface area contributed by atoms with Crippen LogP contribution in [0.1, 0.15) is 5.56 Å². The average Bonchev–Trinajstić information content (AvgIpc) is 2.45. The molecule has 8 heteroatoms. The van der Waals surface area contributed by atoms with E-state index in [1.54, 1.807) is 23.9 Å². The van der Waals surface area contributed by atoms with Crippen molar-refractivity contribution in [3.05, 3.63) is 29.8 Å². The Kier molecular flexibility index (Phi) is 7.02. The number of hydrogen-bond donors (Lipinski definition) is 2. The molecule has 0 aliphatic rings. The maximum Gasteiger partial charge on any atom is 0.416 e. The number of anilines is 1. The molecular formula is C14H19F3N2O2S. The first-order chi connectivity index (χ1) is 10.2. The molecule has 0 saturated heterocycles. The van der Waals surface area contributed by atoms with Gasteiger partial charge >= 0.3 is 12.2 Å². The van der Waals surface area contributed by atoms with Gasteiger partial charge in [0.05, 0.1) is 6.54 Å². The van der Waals surface area contributed by atoms with Crippen LogP contribution in [0.4, 0.5) is 23.7 Å². The number of benzene rings is 1. The van der Waals surface area contributed by atoms with Crippen molar-refractivity contribution < 1.29 is 23.1 Å². The molecule has 1 aromatic rings. The first-order valence-corrected chi connectivity index (χ1v) is 7.98. The molecule has 0 aliphatic heterocycles. The topological polar surface area (TPSA) is 52.6 Å². The van der Waals surface area contributed by atoms with E-state index in [4.69, 9.17) is 5.11 Å². The summed E-state index contributed by atoms with van der Waals surface area (Å²) in [7, 11) is 1.19. The Morgan fingerprint density at radius 3 is 2.45 bits per heavy atom. The van der Waals surface area contributed by atoms with Gasteiger partial charge in [0.15, 0.2) is 6.10 Å². The van der Waals surface area contributed by atoms with Crippen molar-refractivity contribution in [3.63, 3.8) is 0 Å². The van der Waals surface area contributed by atoms with Gasteiger partial charge in [-0.1, -0.05) is 12.1 Å². The van der Waals surface area contributed by atoms with Crippen LogP contribution in [-0.4, -0.2) is 53.9 Å². The van der Waals surface area contributed by atoms with Crippen molar-refractivity contribution in [1.82, 2.24) is 4.90 Å². The first-order valence-electron chi connectivity index (χ1n) is 6.59. The van der Waals surface area contributed by atoms with E-state index in [0.717, 1.165) is 22.6 Å². The Labute approximate surface area is 131 Å². The molecule has 1 aromatic carbocycles. The molecule has 1 unspecified atom stereocenters. The van der Waals surface area contributed by atoms with Crippen molar-refractivity contribution in [3.8, 4) is 0 Å². The third-order valence-electron chi connectivity index (χ3n) is 2.97. The molecule has 2 amide bonds. The van der Waals surface area contributed by atoms with Crippen LogP contribution in [0.5, 0.6) is 0 Å². The number of urea groups is 1. The third kappa shape index (κ3) is 6.15. The summed E-state index contributed by atoms with van der Waals surface area (Å²) >= 11 is 1.73. The fourth-order valence-electron chi connectivity index (χ4n) is 1.64. The highest BCUT2D eigenvalue weighted by atomic mass is 32.2. The van der Waals surface area contributed by atoms with Crippen LogP contribution in [0.2, 0.25) is 0 Å². The number of thioether (sulfide) groups is 1. The molecule has 1 atom stereocenters. The van der Waals surface area contributed by atoms with Crippen LogP contribution in [0, 0.1) is 0 Å². The summed E-state index contributed by atoms with van der Waals surface area (Å²) in [5.74, 6) is 0.990. The van der Waals surface area contributed by atoms with Crippen molar-refractivity contribution in [1.29, 1.82) is 0 Å². The van der Waals surface area contributed by atoms with E-state index in [0.29, 0.717) is 5.69 Å². The number of nitrogens with one attached hydrogen (secondary N) is 1. The number of alkyl halides is 3. The van der Waals surface area contributed by atoms with Gasteiger partial charge in [-0.3, -0.25) is 0 Å². The molecule has 0 aliphatic carbocycles. The summed E-state index contributed by atoms with van der Waals surface area (Å²) in [6.07, 6.45) is -4.38. The van der Waals surface area contributed by atoms with Crippen LogP contribution in [-0.2, 0) is 6.42 Å². The minimum atomic E-state index is -4.74. The van der Waals surface area contributed by atoms with Gasteiger partial charge in [-0.05, 0) is 36.1 Å². The number of likely N-dealkylation sites (N-methyl/N-ethyl adjacent to an activating group) is 1. The summed E-state index contributed by atoms with van der Waals surface area (Å²) < 4.78 is 36.7. The van der Waals surface area contributed by atoms with Gasteiger partial charge in [-0.2, -0.15) is 24.9 Å². The van der Waals surface area contributed by atoms with E-state index in [1.165, 1.54) is 7.05 Å². The highest BCUT2D eigenvalue weighted by molar-refractivity contribution is 7.98. The molecular weight excluding hydrogens is 317 g/mol. The van der Waals surface area contributed by atoms with Crippen molar-refractivity contribution in [2.24, 2.45) is 0 Å². The van der Waals surface area contributed by atoms with E-state index in [1.807, 2.05) is 18.4 Å². The molecule has 124 valence electrons. The van der Waals surface area contributed by atoms with E-state index in [2.05, 4.69) is 5.32 Å². The largest absolute Gasteiger partial charge is 0.416 e. The summed E-state index contributed by atoms with van der Waals surface area (Å²) in [6.45, 7) is -0.818. The van der Waals surface area contributed by atoms with Gasteiger partial charge in [0.2, 0.25) is 0 Å². The number of carbonyl (C=O) groups excluding carboxylic acids is 1. The Morgan fingerprint density at radius 1 is 1.36 bits per heavy atom. The zero-order valence-electron chi connectivity index (χ0n) is 12.4. The Balaban J connectivity index is 2.53. The standard InChI is InChI=1S/C14H19F3N2O2S/c1-19(9-12(20)14(15,16)17)13(21)18-11-5-3-10(4-6-11)7-8-22-2/h3-6,12,20H,7-9H2,1-2H3,(H,18,21). The summed E-state index contributed by atoms with van der Waals surface area (Å²) in [5, 5.41) is 11.4. The Bertz CT molecular complexity index is 480. The van der Waals surface area contributed by atoms with Crippen LogP contribution < -0.4 is 5.32 Å². The number of aryl methyl sites for hydroxylation is 1. The second-order valence-corrected chi connectivity index (χ2v) is 5.79. The van der Waals surface area contributed by atoms with Crippen LogP contribution >= 0.6 is 11.8 Å². The van der Waals surface area contributed by atoms with Gasteiger partial charge in [0, 0.05) is 12.7 Å². The maximum absolute atomic E-state index is 12.2. The van der Waals surface area contributed by atoms with E-state index in [-0.39, 0.29) is 0 Å². The molecule has 2 N–H and O–H groups in total. The minimum Gasteiger partial charge on any atom is -0.382 e. The number of aliphatic hydroxyl groups is 1. The van der Waals surface area contributed by atoms with Gasteiger partial charge < -0.3 is 15.3 Å². The highest BCUT2D eigenvalue weighted by Gasteiger charge is 2.39. The average molecular weight is 336 g/mol. The van der Waals surface area contributed by atoms with Gasteiger partial charge in [0.25, 0.3) is 0 Å². The quantitative estimate of drug-likeness (QED) is 0.840. The van der Waals surface area contributed by atoms with Crippen LogP contribution in [0.3, 0.4) is 0 Å². The summed E-state index contributed by atoms with van der Waals surface area (Å²) in [4.78, 5) is 12.6. The molecule has 0 radical (unpaired) electrons. The fourth-order valence-corrected chi connectivity index (χ4v) is 2.08. The van der Waals surface area contributed by atoms with E-state index >= 15 is 0 Å². The second kappa shape index (κ2) is 8.28. The van der Waals surface area contributed by atoms with Crippen molar-refractivity contribution >= 4 is 23.5 Å². The van der Waals surface area contributed by atoms with Crippen molar-refractivity contribution in [2.45, 2.75) is 18.7 Å². The number of hydrogen-bond acceptors (Lipinski definition) is 3. The van der Waals surface area contributed by atoms with Gasteiger partial charge in [-0.15, -0.1) is 0 Å². The number of halogens is 3. The van der Waals surface area contributed by atoms with E-state index < -0.39 is 24.9 Å². The molecule has 0 heterocycles. The molecule has 0 fully saturated rings. The van der Waals surface area contributed by atoms with Gasteiger partial charge in [-0.25, -0.2) is 4.79 Å². The maximum atomic E-state index is 12.2. The summed E-state index contributed by atoms with van der Waals surface area (Å²) in [5.41, 5.74) is 1.61. The number of nitrogens with zero attached hydrogens (tertiary/aromatic N) is 1. The van der Waals surface area contributed by atoms with Gasteiger partial charge in [0.1, 0.15) is 0 Å². The number of amides is 2. The predicted octanol–water partition coefficient (Wildman–Crippen LogP) is 2.98. The highest BCUT2D eigenvalue weighted by Crippen LogP contribution is 2.20. The molecule has 0 aromatic heterocycles. The molecule has 4 nitrogen and oxygen atoms in total. The lowest BCUT2D eigenvalue weighted by Crippen LogP contribution is -2.43. The zero-order chi connectivity index (χ0) is 16.8. The third-order valence-corrected chi connectivity index (χ3v) is 3.58. The minimum absolute atomic E-state index is 0.492. The fraction of sp³-hybridized carbons (Fsp3) is 0.500. The molecule has 0 bridgehead atoms. The van der Waals surface area contributed by atoms with Crippen LogP contribution in [0.15, 0.2) is 24.3 Å².